The predicted molar refractivity (Wildman–Crippen MR) is 74.2 cm³/mol. The number of hydrogen-bond acceptors (Lipinski definition) is 4. The zero-order chi connectivity index (χ0) is 13.1. The summed E-state index contributed by atoms with van der Waals surface area (Å²) in [7, 11) is 0. The second-order valence-corrected chi connectivity index (χ2v) is 5.05. The van der Waals surface area contributed by atoms with E-state index in [4.69, 9.17) is 0 Å². The van der Waals surface area contributed by atoms with Gasteiger partial charge in [-0.3, -0.25) is 5.10 Å². The number of aryl methyl sites for hydroxylation is 3. The zero-order valence-corrected chi connectivity index (χ0v) is 11.2. The molecule has 19 heavy (non-hydrogen) atoms. The van der Waals surface area contributed by atoms with E-state index < -0.39 is 0 Å². The highest BCUT2D eigenvalue weighted by Crippen LogP contribution is 2.24. The lowest BCUT2D eigenvalue weighted by atomic mass is 10.1. The van der Waals surface area contributed by atoms with Crippen molar-refractivity contribution in [1.82, 2.24) is 20.2 Å². The van der Waals surface area contributed by atoms with Crippen molar-refractivity contribution in [3.8, 4) is 0 Å². The van der Waals surface area contributed by atoms with Gasteiger partial charge in [0.05, 0.1) is 6.20 Å². The van der Waals surface area contributed by atoms with Crippen LogP contribution in [0.5, 0.6) is 0 Å². The third-order valence-corrected chi connectivity index (χ3v) is 3.72. The summed E-state index contributed by atoms with van der Waals surface area (Å²) in [5.74, 6) is 1.03. The Kier molecular flexibility index (Phi) is 3.44. The molecule has 0 saturated heterocycles. The molecule has 0 aromatic carbocycles. The van der Waals surface area contributed by atoms with Gasteiger partial charge in [0, 0.05) is 23.5 Å². The molecule has 0 spiro atoms. The van der Waals surface area contributed by atoms with Gasteiger partial charge >= 0.3 is 0 Å². The lowest BCUT2D eigenvalue weighted by molar-refractivity contribution is 0.849. The standard InChI is InChI=1S/C14H19N5/c1-10-11(8-18-19-10)4-3-7-15-14-12-5-2-6-13(12)16-9-17-14/h8-9H,2-7H2,1H3,(H,18,19)(H,15,16,17). The van der Waals surface area contributed by atoms with Crippen molar-refractivity contribution in [3.05, 3.63) is 35.0 Å². The average Bonchev–Trinajstić information content (AvgIpc) is 3.04. The van der Waals surface area contributed by atoms with Crippen LogP contribution < -0.4 is 5.32 Å². The molecule has 0 radical (unpaired) electrons. The van der Waals surface area contributed by atoms with E-state index in [0.717, 1.165) is 38.0 Å². The molecule has 3 rings (SSSR count). The number of hydrogen-bond donors (Lipinski definition) is 2. The van der Waals surface area contributed by atoms with Gasteiger partial charge in [0.25, 0.3) is 0 Å². The summed E-state index contributed by atoms with van der Waals surface area (Å²) < 4.78 is 0. The molecule has 1 aliphatic carbocycles. The smallest absolute Gasteiger partial charge is 0.132 e. The second-order valence-electron chi connectivity index (χ2n) is 5.05. The first kappa shape index (κ1) is 12.1. The van der Waals surface area contributed by atoms with Crippen molar-refractivity contribution in [3.63, 3.8) is 0 Å². The van der Waals surface area contributed by atoms with E-state index in [2.05, 4.69) is 32.4 Å². The Morgan fingerprint density at radius 3 is 3.11 bits per heavy atom. The van der Waals surface area contributed by atoms with Crippen molar-refractivity contribution in [2.24, 2.45) is 0 Å². The number of fused-ring (bicyclic) bond motifs is 1. The lowest BCUT2D eigenvalue weighted by Gasteiger charge is -2.09. The number of nitrogens with one attached hydrogen (secondary N) is 2. The minimum Gasteiger partial charge on any atom is -0.370 e. The normalized spacial score (nSPS) is 13.5. The summed E-state index contributed by atoms with van der Waals surface area (Å²) in [5.41, 5.74) is 5.02. The van der Waals surface area contributed by atoms with E-state index in [-0.39, 0.29) is 0 Å². The van der Waals surface area contributed by atoms with Crippen LogP contribution in [-0.2, 0) is 19.3 Å². The molecule has 0 aliphatic heterocycles. The number of rotatable bonds is 5. The largest absolute Gasteiger partial charge is 0.370 e. The summed E-state index contributed by atoms with van der Waals surface area (Å²) in [6, 6.07) is 0. The molecule has 0 fully saturated rings. The summed E-state index contributed by atoms with van der Waals surface area (Å²) in [4.78, 5) is 8.70. The molecule has 0 unspecified atom stereocenters. The molecule has 0 saturated carbocycles. The number of aromatic nitrogens is 4. The number of H-pyrrole nitrogens is 1. The minimum absolute atomic E-state index is 0.939. The highest BCUT2D eigenvalue weighted by Gasteiger charge is 2.16. The first-order valence-electron chi connectivity index (χ1n) is 6.90. The van der Waals surface area contributed by atoms with E-state index in [9.17, 15) is 0 Å². The Balaban J connectivity index is 1.53. The van der Waals surface area contributed by atoms with E-state index in [1.165, 1.54) is 28.9 Å². The molecule has 0 bridgehead atoms. The third kappa shape index (κ3) is 2.59. The van der Waals surface area contributed by atoms with Gasteiger partial charge in [-0.25, -0.2) is 9.97 Å². The van der Waals surface area contributed by atoms with Gasteiger partial charge in [0.15, 0.2) is 0 Å². The average molecular weight is 257 g/mol. The molecule has 5 nitrogen and oxygen atoms in total. The van der Waals surface area contributed by atoms with Crippen molar-refractivity contribution >= 4 is 5.82 Å². The van der Waals surface area contributed by atoms with E-state index in [1.807, 2.05) is 6.20 Å². The Morgan fingerprint density at radius 1 is 1.32 bits per heavy atom. The Labute approximate surface area is 112 Å². The fraction of sp³-hybridized carbons (Fsp3) is 0.500. The number of aromatic amines is 1. The fourth-order valence-corrected chi connectivity index (χ4v) is 2.63. The van der Waals surface area contributed by atoms with Crippen molar-refractivity contribution < 1.29 is 0 Å². The lowest BCUT2D eigenvalue weighted by Crippen LogP contribution is -2.08. The van der Waals surface area contributed by atoms with Gasteiger partial charge in [0.1, 0.15) is 12.1 Å². The van der Waals surface area contributed by atoms with E-state index in [0.29, 0.717) is 0 Å². The second kappa shape index (κ2) is 5.38. The maximum absolute atomic E-state index is 4.36. The van der Waals surface area contributed by atoms with Crippen LogP contribution in [0.1, 0.15) is 35.4 Å². The quantitative estimate of drug-likeness (QED) is 0.804. The minimum atomic E-state index is 0.939. The van der Waals surface area contributed by atoms with Crippen molar-refractivity contribution in [1.29, 1.82) is 0 Å². The first-order chi connectivity index (χ1) is 9.34. The molecule has 2 aromatic heterocycles. The molecule has 1 aliphatic rings. The molecule has 100 valence electrons. The van der Waals surface area contributed by atoms with E-state index >= 15 is 0 Å². The first-order valence-corrected chi connectivity index (χ1v) is 6.90. The maximum atomic E-state index is 4.36. The molecular weight excluding hydrogens is 238 g/mol. The molecule has 2 N–H and O–H groups in total. The van der Waals surface area contributed by atoms with Crippen LogP contribution in [-0.4, -0.2) is 26.7 Å². The van der Waals surface area contributed by atoms with Gasteiger partial charge in [-0.15, -0.1) is 0 Å². The Morgan fingerprint density at radius 2 is 2.26 bits per heavy atom. The SMILES string of the molecule is Cc1[nH]ncc1CCCNc1ncnc2c1CCC2. The maximum Gasteiger partial charge on any atom is 0.132 e. The number of nitrogens with zero attached hydrogens (tertiary/aromatic N) is 3. The summed E-state index contributed by atoms with van der Waals surface area (Å²) >= 11 is 0. The monoisotopic (exact) mass is 257 g/mol. The fourth-order valence-electron chi connectivity index (χ4n) is 2.63. The molecule has 2 aromatic rings. The molecule has 0 amide bonds. The van der Waals surface area contributed by atoms with Crippen LogP contribution in [0.4, 0.5) is 5.82 Å². The highest BCUT2D eigenvalue weighted by molar-refractivity contribution is 5.47. The van der Waals surface area contributed by atoms with Gasteiger partial charge in [-0.2, -0.15) is 5.10 Å². The molecule has 5 heteroatoms. The molecular formula is C14H19N5. The molecule has 2 heterocycles. The highest BCUT2D eigenvalue weighted by atomic mass is 15.1. The number of anilines is 1. The summed E-state index contributed by atoms with van der Waals surface area (Å²) in [5, 5.41) is 10.5. The Bertz CT molecular complexity index is 561. The predicted octanol–water partition coefficient (Wildman–Crippen LogP) is 2.04. The van der Waals surface area contributed by atoms with Crippen LogP contribution in [0.25, 0.3) is 0 Å². The van der Waals surface area contributed by atoms with Gasteiger partial charge < -0.3 is 5.32 Å². The van der Waals surface area contributed by atoms with Gasteiger partial charge in [0.2, 0.25) is 0 Å². The summed E-state index contributed by atoms with van der Waals surface area (Å²) in [6.07, 6.45) is 9.13. The van der Waals surface area contributed by atoms with Crippen LogP contribution >= 0.6 is 0 Å². The van der Waals surface area contributed by atoms with E-state index in [1.54, 1.807) is 6.33 Å². The topological polar surface area (TPSA) is 66.5 Å². The van der Waals surface area contributed by atoms with Crippen LogP contribution in [0, 0.1) is 6.92 Å². The van der Waals surface area contributed by atoms with Gasteiger partial charge in [-0.05, 0) is 44.6 Å². The Hall–Kier alpha value is -1.91. The van der Waals surface area contributed by atoms with Crippen LogP contribution in [0.3, 0.4) is 0 Å². The van der Waals surface area contributed by atoms with Crippen LogP contribution in [0.15, 0.2) is 12.5 Å². The van der Waals surface area contributed by atoms with Crippen molar-refractivity contribution in [2.75, 3.05) is 11.9 Å². The zero-order valence-electron chi connectivity index (χ0n) is 11.2. The van der Waals surface area contributed by atoms with Gasteiger partial charge in [-0.1, -0.05) is 0 Å². The summed E-state index contributed by atoms with van der Waals surface area (Å²) in [6.45, 7) is 3.00. The van der Waals surface area contributed by atoms with Crippen LogP contribution in [0.2, 0.25) is 0 Å². The third-order valence-electron chi connectivity index (χ3n) is 3.72. The van der Waals surface area contributed by atoms with Crippen molar-refractivity contribution in [2.45, 2.75) is 39.0 Å². The molecule has 0 atom stereocenters.